The number of allylic oxidation sites excluding steroid dienone is 2. The fourth-order valence-corrected chi connectivity index (χ4v) is 2.39. The van der Waals surface area contributed by atoms with Gasteiger partial charge in [0.05, 0.1) is 20.6 Å². The predicted octanol–water partition coefficient (Wildman–Crippen LogP) is 4.17. The van der Waals surface area contributed by atoms with E-state index >= 15 is 0 Å². The topological polar surface area (TPSA) is 55.8 Å². The summed E-state index contributed by atoms with van der Waals surface area (Å²) in [7, 11) is 3.25. The van der Waals surface area contributed by atoms with Crippen LogP contribution in [0.3, 0.4) is 0 Å². The Morgan fingerprint density at radius 3 is 1.92 bits per heavy atom. The van der Waals surface area contributed by atoms with Crippen LogP contribution in [0.25, 0.3) is 5.57 Å². The molecule has 0 aliphatic carbocycles. The number of benzene rings is 2. The Morgan fingerprint density at radius 1 is 0.958 bits per heavy atom. The Hall–Kier alpha value is -3.01. The number of methoxy groups -OCH3 is 2. The monoisotopic (exact) mass is 324 g/mol. The molecule has 0 bridgehead atoms. The number of hydrogen-bond donors (Lipinski definition) is 1. The van der Waals surface area contributed by atoms with E-state index in [-0.39, 0.29) is 6.42 Å². The van der Waals surface area contributed by atoms with Gasteiger partial charge < -0.3 is 14.6 Å². The minimum atomic E-state index is -0.865. The lowest BCUT2D eigenvalue weighted by Crippen LogP contribution is -1.96. The zero-order valence-electron chi connectivity index (χ0n) is 13.7. The Kier molecular flexibility index (Phi) is 6.20. The van der Waals surface area contributed by atoms with Gasteiger partial charge in [-0.3, -0.25) is 4.79 Å². The molecule has 0 aliphatic rings. The molecule has 0 aliphatic heterocycles. The van der Waals surface area contributed by atoms with E-state index in [0.29, 0.717) is 0 Å². The van der Waals surface area contributed by atoms with Crippen LogP contribution in [0.15, 0.2) is 66.8 Å². The number of hydrogen-bond acceptors (Lipinski definition) is 3. The van der Waals surface area contributed by atoms with Gasteiger partial charge in [-0.2, -0.15) is 0 Å². The maximum atomic E-state index is 10.7. The van der Waals surface area contributed by atoms with Crippen molar-refractivity contribution in [3.63, 3.8) is 0 Å². The summed E-state index contributed by atoms with van der Waals surface area (Å²) in [6.07, 6.45) is 5.19. The third-order valence-corrected chi connectivity index (χ3v) is 3.49. The summed E-state index contributed by atoms with van der Waals surface area (Å²) < 4.78 is 10.9. The van der Waals surface area contributed by atoms with Gasteiger partial charge in [0, 0.05) is 11.1 Å². The highest BCUT2D eigenvalue weighted by Gasteiger charge is 2.13. The van der Waals surface area contributed by atoms with Crippen molar-refractivity contribution < 1.29 is 19.4 Å². The van der Waals surface area contributed by atoms with Crippen molar-refractivity contribution >= 4 is 11.5 Å². The van der Waals surface area contributed by atoms with Gasteiger partial charge in [-0.1, -0.05) is 54.6 Å². The lowest BCUT2D eigenvalue weighted by Gasteiger charge is -2.15. The van der Waals surface area contributed by atoms with E-state index < -0.39 is 5.97 Å². The molecular formula is C20H20O4. The third kappa shape index (κ3) is 4.26. The van der Waals surface area contributed by atoms with Crippen LogP contribution < -0.4 is 9.47 Å². The summed E-state index contributed by atoms with van der Waals surface area (Å²) in [4.78, 5) is 10.7. The summed E-state index contributed by atoms with van der Waals surface area (Å²) in [5.74, 6) is 0.610. The summed E-state index contributed by atoms with van der Waals surface area (Å²) in [6, 6.07) is 15.4. The maximum absolute atomic E-state index is 10.7. The second-order valence-corrected chi connectivity index (χ2v) is 5.01. The van der Waals surface area contributed by atoms with E-state index in [2.05, 4.69) is 0 Å². The average Bonchev–Trinajstić information content (AvgIpc) is 2.61. The lowest BCUT2D eigenvalue weighted by molar-refractivity contribution is -0.136. The van der Waals surface area contributed by atoms with Crippen LogP contribution in [-0.2, 0) is 4.79 Å². The van der Waals surface area contributed by atoms with Crippen molar-refractivity contribution in [1.29, 1.82) is 0 Å². The van der Waals surface area contributed by atoms with Crippen molar-refractivity contribution in [2.45, 2.75) is 6.42 Å². The SMILES string of the molecule is COc1ccccc1C(=C/C=C/CC(=O)O)c1ccccc1OC. The van der Waals surface area contributed by atoms with Gasteiger partial charge in [0.1, 0.15) is 11.5 Å². The minimum Gasteiger partial charge on any atom is -0.496 e. The van der Waals surface area contributed by atoms with Crippen LogP contribution in [0.1, 0.15) is 17.5 Å². The molecule has 0 amide bonds. The smallest absolute Gasteiger partial charge is 0.307 e. The number of aliphatic carboxylic acids is 1. The van der Waals surface area contributed by atoms with Crippen molar-refractivity contribution in [2.75, 3.05) is 14.2 Å². The second-order valence-electron chi connectivity index (χ2n) is 5.01. The van der Waals surface area contributed by atoms with Gasteiger partial charge in [0.25, 0.3) is 0 Å². The number of ether oxygens (including phenoxy) is 2. The quantitative estimate of drug-likeness (QED) is 0.777. The molecule has 0 heterocycles. The van der Waals surface area contributed by atoms with E-state index in [1.807, 2.05) is 54.6 Å². The highest BCUT2D eigenvalue weighted by atomic mass is 16.5. The molecule has 2 aromatic rings. The van der Waals surface area contributed by atoms with E-state index in [9.17, 15) is 4.79 Å². The molecule has 0 unspecified atom stereocenters. The van der Waals surface area contributed by atoms with Crippen molar-refractivity contribution in [2.24, 2.45) is 0 Å². The molecule has 0 spiro atoms. The number of rotatable bonds is 7. The summed E-state index contributed by atoms with van der Waals surface area (Å²) in [5, 5.41) is 8.77. The highest BCUT2D eigenvalue weighted by molar-refractivity contribution is 5.86. The fraction of sp³-hybridized carbons (Fsp3) is 0.150. The molecule has 4 nitrogen and oxygen atoms in total. The standard InChI is InChI=1S/C20H20O4/c1-23-18-12-6-3-10-16(18)15(9-5-8-14-20(21)22)17-11-4-7-13-19(17)24-2/h3-13H,14H2,1-2H3,(H,21,22)/b8-5+. The predicted molar refractivity (Wildman–Crippen MR) is 94.5 cm³/mol. The Balaban J connectivity index is 2.55. The number of carbonyl (C=O) groups is 1. The van der Waals surface area contributed by atoms with Gasteiger partial charge in [-0.05, 0) is 17.7 Å². The lowest BCUT2D eigenvalue weighted by atomic mass is 9.95. The van der Waals surface area contributed by atoms with E-state index in [4.69, 9.17) is 14.6 Å². The van der Waals surface area contributed by atoms with E-state index in [1.54, 1.807) is 26.4 Å². The molecule has 0 aromatic heterocycles. The first-order valence-corrected chi connectivity index (χ1v) is 7.52. The third-order valence-electron chi connectivity index (χ3n) is 3.49. The van der Waals surface area contributed by atoms with Gasteiger partial charge >= 0.3 is 5.97 Å². The van der Waals surface area contributed by atoms with Crippen molar-refractivity contribution in [1.82, 2.24) is 0 Å². The zero-order chi connectivity index (χ0) is 17.4. The Bertz CT molecular complexity index is 710. The van der Waals surface area contributed by atoms with Crippen molar-refractivity contribution in [3.05, 3.63) is 77.9 Å². The minimum absolute atomic E-state index is 0.0262. The van der Waals surface area contributed by atoms with Crippen LogP contribution in [0, 0.1) is 0 Å². The molecular weight excluding hydrogens is 304 g/mol. The molecule has 0 atom stereocenters. The Morgan fingerprint density at radius 2 is 1.46 bits per heavy atom. The van der Waals surface area contributed by atoms with Crippen LogP contribution in [0.4, 0.5) is 0 Å². The molecule has 0 saturated heterocycles. The van der Waals surface area contributed by atoms with Crippen LogP contribution in [0.2, 0.25) is 0 Å². The van der Waals surface area contributed by atoms with Gasteiger partial charge in [0.15, 0.2) is 0 Å². The average molecular weight is 324 g/mol. The van der Waals surface area contributed by atoms with Crippen LogP contribution >= 0.6 is 0 Å². The maximum Gasteiger partial charge on any atom is 0.307 e. The largest absolute Gasteiger partial charge is 0.496 e. The molecule has 2 aromatic carbocycles. The summed E-state index contributed by atoms with van der Waals surface area (Å²) >= 11 is 0. The van der Waals surface area contributed by atoms with E-state index in [1.165, 1.54) is 0 Å². The van der Waals surface area contributed by atoms with Crippen molar-refractivity contribution in [3.8, 4) is 11.5 Å². The van der Waals surface area contributed by atoms with E-state index in [0.717, 1.165) is 28.2 Å². The molecule has 0 fully saturated rings. The molecule has 0 radical (unpaired) electrons. The molecule has 2 rings (SSSR count). The highest BCUT2D eigenvalue weighted by Crippen LogP contribution is 2.35. The number of para-hydroxylation sites is 2. The van der Waals surface area contributed by atoms with Gasteiger partial charge in [-0.25, -0.2) is 0 Å². The Labute approximate surface area is 141 Å². The molecule has 0 saturated carbocycles. The molecule has 24 heavy (non-hydrogen) atoms. The first kappa shape index (κ1) is 17.3. The molecule has 1 N–H and O–H groups in total. The second kappa shape index (κ2) is 8.58. The van der Waals surface area contributed by atoms with Crippen LogP contribution in [0.5, 0.6) is 11.5 Å². The van der Waals surface area contributed by atoms with Crippen LogP contribution in [-0.4, -0.2) is 25.3 Å². The molecule has 4 heteroatoms. The normalized spacial score (nSPS) is 10.4. The number of carboxylic acid groups (broad SMARTS) is 1. The summed E-state index contributed by atoms with van der Waals surface area (Å²) in [5.41, 5.74) is 2.71. The first-order chi connectivity index (χ1) is 11.7. The van der Waals surface area contributed by atoms with Gasteiger partial charge in [0.2, 0.25) is 0 Å². The van der Waals surface area contributed by atoms with Gasteiger partial charge in [-0.15, -0.1) is 0 Å². The summed E-state index contributed by atoms with van der Waals surface area (Å²) in [6.45, 7) is 0. The number of carboxylic acids is 1. The first-order valence-electron chi connectivity index (χ1n) is 7.52. The zero-order valence-corrected chi connectivity index (χ0v) is 13.7. The molecule has 124 valence electrons. The fourth-order valence-electron chi connectivity index (χ4n) is 2.39.